The van der Waals surface area contributed by atoms with Crippen LogP contribution in [-0.2, 0) is 11.0 Å². The van der Waals surface area contributed by atoms with Crippen LogP contribution in [0.4, 0.5) is 0 Å². The number of methoxy groups -OCH3 is 1. The van der Waals surface area contributed by atoms with E-state index in [1.54, 1.807) is 12.1 Å². The van der Waals surface area contributed by atoms with E-state index in [-0.39, 0.29) is 16.5 Å². The van der Waals surface area contributed by atoms with Gasteiger partial charge in [0.2, 0.25) is 0 Å². The Bertz CT molecular complexity index is 482. The number of hydrogen-bond acceptors (Lipinski definition) is 3. The first kappa shape index (κ1) is 13.4. The number of hydrogen-bond donors (Lipinski definition) is 1. The van der Waals surface area contributed by atoms with Crippen molar-refractivity contribution in [2.75, 3.05) is 13.7 Å². The van der Waals surface area contributed by atoms with Gasteiger partial charge in [-0.1, -0.05) is 6.07 Å². The predicted molar refractivity (Wildman–Crippen MR) is 72.0 cm³/mol. The molecular weight excluding hydrogens is 250 g/mol. The van der Waals surface area contributed by atoms with Crippen molar-refractivity contribution in [2.24, 2.45) is 0 Å². The number of ether oxygens (including phenoxy) is 1. The largest absolute Gasteiger partial charge is 0.504 e. The molecule has 0 amide bonds. The Labute approximate surface area is 110 Å². The second-order valence-corrected chi connectivity index (χ2v) is 7.60. The molecule has 1 heterocycles. The first-order valence-corrected chi connectivity index (χ1v) is 7.01. The Morgan fingerprint density at radius 2 is 2.11 bits per heavy atom. The SMILES string of the molecule is COc1cc([C@@H]2CN2S(=O)C(C)(C)C)ccc1O. The molecule has 5 heteroatoms. The Kier molecular flexibility index (Phi) is 3.38. The standard InChI is InChI=1S/C13H19NO3S/c1-13(2,3)18(16)14-8-10(14)9-5-6-11(15)12(7-9)17-4/h5-7,10,15H,8H2,1-4H3/t10-,14?,18?/m0/s1. The maximum Gasteiger partial charge on any atom is 0.160 e. The van der Waals surface area contributed by atoms with Gasteiger partial charge >= 0.3 is 0 Å². The van der Waals surface area contributed by atoms with Crippen LogP contribution in [0.5, 0.6) is 11.5 Å². The molecule has 4 nitrogen and oxygen atoms in total. The zero-order chi connectivity index (χ0) is 13.5. The monoisotopic (exact) mass is 269 g/mol. The van der Waals surface area contributed by atoms with Gasteiger partial charge in [-0.3, -0.25) is 0 Å². The molecule has 0 aromatic heterocycles. The van der Waals surface area contributed by atoms with Gasteiger partial charge in [-0.2, -0.15) is 0 Å². The normalized spacial score (nSPS) is 24.7. The minimum atomic E-state index is -0.992. The van der Waals surface area contributed by atoms with E-state index in [9.17, 15) is 9.32 Å². The van der Waals surface area contributed by atoms with Gasteiger partial charge in [-0.05, 0) is 38.5 Å². The summed E-state index contributed by atoms with van der Waals surface area (Å²) in [6, 6.07) is 5.44. The molecule has 1 N–H and O–H groups in total. The smallest absolute Gasteiger partial charge is 0.160 e. The predicted octanol–water partition coefficient (Wildman–Crippen LogP) is 2.22. The lowest BCUT2D eigenvalue weighted by Crippen LogP contribution is -2.27. The van der Waals surface area contributed by atoms with Gasteiger partial charge in [-0.25, -0.2) is 8.51 Å². The van der Waals surface area contributed by atoms with Crippen LogP contribution in [0.15, 0.2) is 18.2 Å². The van der Waals surface area contributed by atoms with E-state index in [2.05, 4.69) is 0 Å². The van der Waals surface area contributed by atoms with Crippen molar-refractivity contribution in [3.05, 3.63) is 23.8 Å². The molecule has 0 saturated carbocycles. The molecule has 1 fully saturated rings. The second-order valence-electron chi connectivity index (χ2n) is 5.41. The molecule has 1 aromatic rings. The maximum absolute atomic E-state index is 12.2. The van der Waals surface area contributed by atoms with E-state index in [1.807, 2.05) is 31.1 Å². The van der Waals surface area contributed by atoms with Crippen LogP contribution in [0.2, 0.25) is 0 Å². The molecule has 3 atom stereocenters. The summed E-state index contributed by atoms with van der Waals surface area (Å²) in [5, 5.41) is 9.54. The fraction of sp³-hybridized carbons (Fsp3) is 0.538. The highest BCUT2D eigenvalue weighted by atomic mass is 32.2. The molecule has 0 bridgehead atoms. The topological polar surface area (TPSA) is 49.5 Å². The second kappa shape index (κ2) is 4.55. The van der Waals surface area contributed by atoms with Crippen LogP contribution in [0.25, 0.3) is 0 Å². The summed E-state index contributed by atoms with van der Waals surface area (Å²) in [6.07, 6.45) is 0. The van der Waals surface area contributed by atoms with Gasteiger partial charge in [0.1, 0.15) is 11.0 Å². The molecule has 1 saturated heterocycles. The summed E-state index contributed by atoms with van der Waals surface area (Å²) < 4.78 is 19.0. The van der Waals surface area contributed by atoms with E-state index in [0.29, 0.717) is 5.75 Å². The molecule has 1 aromatic carbocycles. The first-order valence-electron chi connectivity index (χ1n) is 5.90. The Balaban J connectivity index is 2.15. The van der Waals surface area contributed by atoms with Crippen LogP contribution < -0.4 is 4.74 Å². The fourth-order valence-corrected chi connectivity index (χ4v) is 3.16. The van der Waals surface area contributed by atoms with Crippen LogP contribution in [0.1, 0.15) is 32.4 Å². The molecule has 100 valence electrons. The zero-order valence-electron chi connectivity index (χ0n) is 11.1. The van der Waals surface area contributed by atoms with Crippen molar-refractivity contribution >= 4 is 11.0 Å². The van der Waals surface area contributed by atoms with Crippen molar-refractivity contribution < 1.29 is 14.1 Å². The molecule has 1 aliphatic rings. The molecule has 18 heavy (non-hydrogen) atoms. The lowest BCUT2D eigenvalue weighted by molar-refractivity contribution is 0.373. The molecule has 2 rings (SSSR count). The van der Waals surface area contributed by atoms with E-state index in [1.165, 1.54) is 7.11 Å². The average Bonchev–Trinajstić information content (AvgIpc) is 3.07. The highest BCUT2D eigenvalue weighted by molar-refractivity contribution is 7.84. The van der Waals surface area contributed by atoms with Gasteiger partial charge in [0.25, 0.3) is 0 Å². The Hall–Kier alpha value is -1.07. The highest BCUT2D eigenvalue weighted by Crippen LogP contribution is 2.41. The summed E-state index contributed by atoms with van der Waals surface area (Å²) in [4.78, 5) is 0. The molecule has 1 aliphatic heterocycles. The number of benzene rings is 1. The van der Waals surface area contributed by atoms with E-state index < -0.39 is 11.0 Å². The van der Waals surface area contributed by atoms with Crippen molar-refractivity contribution in [2.45, 2.75) is 31.6 Å². The lowest BCUT2D eigenvalue weighted by atomic mass is 10.1. The number of rotatable bonds is 3. The van der Waals surface area contributed by atoms with Gasteiger partial charge in [0, 0.05) is 6.54 Å². The summed E-state index contributed by atoms with van der Waals surface area (Å²) in [6.45, 7) is 6.69. The van der Waals surface area contributed by atoms with E-state index >= 15 is 0 Å². The third-order valence-corrected chi connectivity index (χ3v) is 4.77. The molecule has 0 spiro atoms. The Morgan fingerprint density at radius 1 is 1.44 bits per heavy atom. The van der Waals surface area contributed by atoms with Crippen LogP contribution in [0.3, 0.4) is 0 Å². The zero-order valence-corrected chi connectivity index (χ0v) is 12.0. The Morgan fingerprint density at radius 3 is 2.67 bits per heavy atom. The van der Waals surface area contributed by atoms with Gasteiger partial charge in [-0.15, -0.1) is 0 Å². The van der Waals surface area contributed by atoms with Gasteiger partial charge < -0.3 is 9.84 Å². The van der Waals surface area contributed by atoms with Crippen LogP contribution >= 0.6 is 0 Å². The summed E-state index contributed by atoms with van der Waals surface area (Å²) in [5.74, 6) is 0.589. The number of aromatic hydroxyl groups is 1. The lowest BCUT2D eigenvalue weighted by Gasteiger charge is -2.18. The van der Waals surface area contributed by atoms with Crippen molar-refractivity contribution in [1.29, 1.82) is 0 Å². The molecule has 0 radical (unpaired) electrons. The summed E-state index contributed by atoms with van der Waals surface area (Å²) in [5.41, 5.74) is 1.03. The molecular formula is C13H19NO3S. The highest BCUT2D eigenvalue weighted by Gasteiger charge is 2.44. The number of nitrogens with zero attached hydrogens (tertiary/aromatic N) is 1. The van der Waals surface area contributed by atoms with E-state index in [0.717, 1.165) is 12.1 Å². The van der Waals surface area contributed by atoms with Crippen molar-refractivity contribution in [3.8, 4) is 11.5 Å². The van der Waals surface area contributed by atoms with Crippen LogP contribution in [-0.4, -0.2) is 32.0 Å². The minimum Gasteiger partial charge on any atom is -0.504 e. The molecule has 0 aliphatic carbocycles. The maximum atomic E-state index is 12.2. The van der Waals surface area contributed by atoms with Crippen molar-refractivity contribution in [3.63, 3.8) is 0 Å². The van der Waals surface area contributed by atoms with E-state index in [4.69, 9.17) is 4.74 Å². The van der Waals surface area contributed by atoms with Gasteiger partial charge in [0.15, 0.2) is 11.5 Å². The van der Waals surface area contributed by atoms with Crippen molar-refractivity contribution in [1.82, 2.24) is 4.31 Å². The third kappa shape index (κ3) is 2.52. The summed E-state index contributed by atoms with van der Waals surface area (Å²) >= 11 is 0. The third-order valence-electron chi connectivity index (χ3n) is 2.89. The first-order chi connectivity index (χ1) is 8.34. The summed E-state index contributed by atoms with van der Waals surface area (Å²) in [7, 11) is 0.532. The minimum absolute atomic E-state index is 0.130. The number of phenolic OH excluding ortho intramolecular Hbond substituents is 1. The quantitative estimate of drug-likeness (QED) is 0.856. The molecule has 2 unspecified atom stereocenters. The fourth-order valence-electron chi connectivity index (χ4n) is 1.83. The van der Waals surface area contributed by atoms with Gasteiger partial charge in [0.05, 0.1) is 17.9 Å². The average molecular weight is 269 g/mol. The number of phenols is 1. The van der Waals surface area contributed by atoms with Crippen LogP contribution in [0, 0.1) is 0 Å².